The number of fused-ring (bicyclic) bond motifs is 8. The molecule has 0 unspecified atom stereocenters. The number of rotatable bonds is 2. The van der Waals surface area contributed by atoms with Gasteiger partial charge >= 0.3 is 0 Å². The molecule has 0 bridgehead atoms. The zero-order valence-corrected chi connectivity index (χ0v) is 21.5. The van der Waals surface area contributed by atoms with Crippen LogP contribution in [0, 0.1) is 0 Å². The van der Waals surface area contributed by atoms with Crippen molar-refractivity contribution in [1.29, 1.82) is 0 Å². The Bertz CT molecular complexity index is 2490. The minimum absolute atomic E-state index is 0.0172. The van der Waals surface area contributed by atoms with Crippen LogP contribution in [0.3, 0.4) is 0 Å². The minimum Gasteiger partial charge on any atom is -0.305 e. The van der Waals surface area contributed by atoms with Gasteiger partial charge in [0, 0.05) is 21.5 Å². The summed E-state index contributed by atoms with van der Waals surface area (Å²) in [5, 5.41) is 5.16. The molecular weight excluding hydrogens is 488 g/mol. The van der Waals surface area contributed by atoms with Gasteiger partial charge in [-0.1, -0.05) is 103 Å². The first-order valence-corrected chi connectivity index (χ1v) is 13.6. The molecule has 0 N–H and O–H groups in total. The molecule has 0 saturated carbocycles. The summed E-state index contributed by atoms with van der Waals surface area (Å²) in [6.45, 7) is 0. The first-order chi connectivity index (χ1) is 19.8. The van der Waals surface area contributed by atoms with Gasteiger partial charge in [-0.25, -0.2) is 0 Å². The molecule has 40 heavy (non-hydrogen) atoms. The molecule has 9 rings (SSSR count). The normalized spacial score (nSPS) is 12.1. The first kappa shape index (κ1) is 21.5. The predicted octanol–water partition coefficient (Wildman–Crippen LogP) is 8.94. The maximum Gasteiger partial charge on any atom is 0.263 e. The summed E-state index contributed by atoms with van der Waals surface area (Å²) >= 11 is 0. The average Bonchev–Trinajstić information content (AvgIpc) is 3.36. The van der Waals surface area contributed by atoms with Crippen molar-refractivity contribution in [2.75, 3.05) is 0 Å². The standard InChI is InChI=1S/C37H22N2O/c40-37-30-14-8-7-13-27(30)28-17-18-29-31-21-25(23-9-3-1-4-10-23)15-19-32(31)38-33-20-16-26(24-11-5-2-6-12-24)22-34(33)39(37)36(28)35(29)38/h1-22H. The second-order valence-electron chi connectivity index (χ2n) is 10.5. The van der Waals surface area contributed by atoms with Crippen LogP contribution in [-0.4, -0.2) is 8.80 Å². The smallest absolute Gasteiger partial charge is 0.263 e. The first-order valence-electron chi connectivity index (χ1n) is 13.6. The lowest BCUT2D eigenvalue weighted by Crippen LogP contribution is -2.16. The fourth-order valence-corrected chi connectivity index (χ4v) is 6.65. The summed E-state index contributed by atoms with van der Waals surface area (Å²) < 4.78 is 4.32. The highest BCUT2D eigenvalue weighted by Gasteiger charge is 2.22. The Kier molecular flexibility index (Phi) is 4.20. The Balaban J connectivity index is 1.54. The van der Waals surface area contributed by atoms with E-state index in [2.05, 4.69) is 108 Å². The molecule has 0 radical (unpaired) electrons. The number of hydrogen-bond acceptors (Lipinski definition) is 1. The van der Waals surface area contributed by atoms with Gasteiger partial charge in [0.05, 0.1) is 27.6 Å². The van der Waals surface area contributed by atoms with Gasteiger partial charge < -0.3 is 4.40 Å². The summed E-state index contributed by atoms with van der Waals surface area (Å²) in [5.74, 6) is 0. The number of aromatic nitrogens is 2. The van der Waals surface area contributed by atoms with E-state index in [1.54, 1.807) is 0 Å². The SMILES string of the molecule is O=c1c2ccccc2c2ccc3c4cc(-c5ccccc5)ccc4n4c5ccc(-c6ccccc6)cc5n1c2c34. The Morgan fingerprint density at radius 3 is 1.60 bits per heavy atom. The minimum atomic E-state index is 0.0172. The van der Waals surface area contributed by atoms with Crippen LogP contribution < -0.4 is 5.56 Å². The van der Waals surface area contributed by atoms with Gasteiger partial charge in [0.2, 0.25) is 0 Å². The molecular formula is C37H22N2O. The largest absolute Gasteiger partial charge is 0.305 e. The van der Waals surface area contributed by atoms with Crippen molar-refractivity contribution in [3.63, 3.8) is 0 Å². The maximum atomic E-state index is 14.3. The van der Waals surface area contributed by atoms with Crippen LogP contribution in [0.2, 0.25) is 0 Å². The van der Waals surface area contributed by atoms with Crippen LogP contribution in [0.15, 0.2) is 138 Å². The third-order valence-electron chi connectivity index (χ3n) is 8.45. The summed E-state index contributed by atoms with van der Waals surface area (Å²) in [7, 11) is 0. The molecule has 3 nitrogen and oxygen atoms in total. The van der Waals surface area contributed by atoms with Crippen LogP contribution in [-0.2, 0) is 0 Å². The van der Waals surface area contributed by atoms with Crippen LogP contribution in [0.25, 0.3) is 76.8 Å². The zero-order valence-electron chi connectivity index (χ0n) is 21.5. The molecule has 0 spiro atoms. The van der Waals surface area contributed by atoms with Crippen molar-refractivity contribution in [2.24, 2.45) is 0 Å². The Morgan fingerprint density at radius 2 is 0.900 bits per heavy atom. The summed E-state index contributed by atoms with van der Waals surface area (Å²) in [6, 6.07) is 46.5. The molecule has 3 aromatic heterocycles. The fourth-order valence-electron chi connectivity index (χ4n) is 6.65. The lowest BCUT2D eigenvalue weighted by atomic mass is 10.0. The number of hydrogen-bond donors (Lipinski definition) is 0. The van der Waals surface area contributed by atoms with Crippen LogP contribution in [0.4, 0.5) is 0 Å². The third-order valence-corrected chi connectivity index (χ3v) is 8.45. The highest BCUT2D eigenvalue weighted by Crippen LogP contribution is 2.40. The highest BCUT2D eigenvalue weighted by atomic mass is 16.1. The van der Waals surface area contributed by atoms with E-state index < -0.39 is 0 Å². The molecule has 3 heterocycles. The molecule has 3 heteroatoms. The van der Waals surface area contributed by atoms with E-state index >= 15 is 0 Å². The Hall–Kier alpha value is -5.41. The summed E-state index contributed by atoms with van der Waals surface area (Å²) in [5.41, 5.74) is 9.73. The summed E-state index contributed by atoms with van der Waals surface area (Å²) in [6.07, 6.45) is 0. The fraction of sp³-hybridized carbons (Fsp3) is 0. The molecule has 0 aliphatic rings. The quantitative estimate of drug-likeness (QED) is 0.168. The Morgan fingerprint density at radius 1 is 0.350 bits per heavy atom. The molecule has 0 saturated heterocycles. The highest BCUT2D eigenvalue weighted by molar-refractivity contribution is 6.23. The van der Waals surface area contributed by atoms with Gasteiger partial charge in [0.1, 0.15) is 0 Å². The van der Waals surface area contributed by atoms with E-state index in [0.29, 0.717) is 0 Å². The van der Waals surface area contributed by atoms with Crippen molar-refractivity contribution >= 4 is 54.5 Å². The molecule has 0 aliphatic carbocycles. The van der Waals surface area contributed by atoms with Gasteiger partial charge in [-0.2, -0.15) is 0 Å². The maximum absolute atomic E-state index is 14.3. The van der Waals surface area contributed by atoms with Crippen molar-refractivity contribution < 1.29 is 0 Å². The van der Waals surface area contributed by atoms with Crippen molar-refractivity contribution in [3.8, 4) is 22.3 Å². The van der Waals surface area contributed by atoms with Gasteiger partial charge in [-0.3, -0.25) is 9.20 Å². The predicted molar refractivity (Wildman–Crippen MR) is 167 cm³/mol. The molecule has 0 atom stereocenters. The second-order valence-corrected chi connectivity index (χ2v) is 10.5. The van der Waals surface area contributed by atoms with Crippen molar-refractivity contribution in [3.05, 3.63) is 144 Å². The summed E-state index contributed by atoms with van der Waals surface area (Å²) in [4.78, 5) is 14.3. The van der Waals surface area contributed by atoms with E-state index in [4.69, 9.17) is 0 Å². The van der Waals surface area contributed by atoms with E-state index in [-0.39, 0.29) is 5.56 Å². The monoisotopic (exact) mass is 510 g/mol. The van der Waals surface area contributed by atoms with Crippen LogP contribution in [0.1, 0.15) is 0 Å². The molecule has 186 valence electrons. The average molecular weight is 511 g/mol. The molecule has 9 aromatic rings. The molecule has 0 fully saturated rings. The topological polar surface area (TPSA) is 25.9 Å². The van der Waals surface area contributed by atoms with Gasteiger partial charge in [-0.15, -0.1) is 0 Å². The van der Waals surface area contributed by atoms with Gasteiger partial charge in [0.15, 0.2) is 0 Å². The third kappa shape index (κ3) is 2.76. The van der Waals surface area contributed by atoms with Crippen molar-refractivity contribution in [2.45, 2.75) is 0 Å². The van der Waals surface area contributed by atoms with E-state index in [1.165, 1.54) is 16.5 Å². The van der Waals surface area contributed by atoms with Gasteiger partial charge in [-0.05, 0) is 58.0 Å². The van der Waals surface area contributed by atoms with Crippen LogP contribution >= 0.6 is 0 Å². The molecule has 0 aliphatic heterocycles. The van der Waals surface area contributed by atoms with Crippen LogP contribution in [0.5, 0.6) is 0 Å². The second kappa shape index (κ2) is 7.81. The Labute approximate surface area is 229 Å². The lowest BCUT2D eigenvalue weighted by Gasteiger charge is -2.16. The van der Waals surface area contributed by atoms with Crippen molar-refractivity contribution in [1.82, 2.24) is 8.80 Å². The number of pyridine rings is 1. The molecule has 0 amide bonds. The number of nitrogens with zero attached hydrogens (tertiary/aromatic N) is 2. The van der Waals surface area contributed by atoms with E-state index in [0.717, 1.165) is 60.3 Å². The van der Waals surface area contributed by atoms with Gasteiger partial charge in [0.25, 0.3) is 5.56 Å². The van der Waals surface area contributed by atoms with E-state index in [1.807, 2.05) is 34.7 Å². The molecule has 6 aromatic carbocycles. The number of benzene rings is 6. The van der Waals surface area contributed by atoms with E-state index in [9.17, 15) is 4.79 Å². The lowest BCUT2D eigenvalue weighted by molar-refractivity contribution is 1.16. The zero-order chi connectivity index (χ0) is 26.4.